The number of hydrogen-bond acceptors (Lipinski definition) is 6. The van der Waals surface area contributed by atoms with E-state index >= 15 is 0 Å². The first-order chi connectivity index (χ1) is 14.5. The van der Waals surface area contributed by atoms with Crippen LogP contribution in [-0.4, -0.2) is 27.1 Å². The quantitative estimate of drug-likeness (QED) is 0.526. The normalized spacial score (nSPS) is 10.9. The molecule has 30 heavy (non-hydrogen) atoms. The summed E-state index contributed by atoms with van der Waals surface area (Å²) >= 11 is 0. The van der Waals surface area contributed by atoms with E-state index in [0.29, 0.717) is 33.4 Å². The fourth-order valence-electron chi connectivity index (χ4n) is 3.32. The first-order valence-electron chi connectivity index (χ1n) is 9.51. The van der Waals surface area contributed by atoms with Crippen LogP contribution in [0.5, 0.6) is 0 Å². The number of carbonyl (C=O) groups excluding carboxylic acids is 1. The molecule has 4 rings (SSSR count). The highest BCUT2D eigenvalue weighted by atomic mass is 16.5. The third-order valence-electron chi connectivity index (χ3n) is 4.82. The predicted molar refractivity (Wildman–Crippen MR) is 116 cm³/mol. The smallest absolute Gasteiger partial charge is 0.339 e. The van der Waals surface area contributed by atoms with Crippen LogP contribution < -0.4 is 11.3 Å². The zero-order chi connectivity index (χ0) is 21.3. The standard InChI is InChI=1S/C23H20N4O3/c1-3-30-22(29)18-12-16(13-25-14(18)2)15-9-10-20-19(11-15)21(28)27(23(24)26-20)17-7-5-4-6-8-17/h4-13H,3H2,1-2H3,(H2,24,26). The van der Waals surface area contributed by atoms with Gasteiger partial charge in [-0.2, -0.15) is 0 Å². The number of rotatable bonds is 4. The number of anilines is 1. The van der Waals surface area contributed by atoms with E-state index in [4.69, 9.17) is 10.5 Å². The maximum Gasteiger partial charge on any atom is 0.339 e. The highest BCUT2D eigenvalue weighted by molar-refractivity contribution is 5.92. The van der Waals surface area contributed by atoms with Gasteiger partial charge < -0.3 is 10.5 Å². The average molecular weight is 400 g/mol. The molecule has 0 saturated heterocycles. The van der Waals surface area contributed by atoms with Crippen molar-refractivity contribution in [2.75, 3.05) is 12.3 Å². The summed E-state index contributed by atoms with van der Waals surface area (Å²) in [4.78, 5) is 34.1. The minimum absolute atomic E-state index is 0.119. The highest BCUT2D eigenvalue weighted by Gasteiger charge is 2.15. The van der Waals surface area contributed by atoms with Crippen LogP contribution in [-0.2, 0) is 4.74 Å². The van der Waals surface area contributed by atoms with E-state index in [1.54, 1.807) is 50.4 Å². The number of carbonyl (C=O) groups is 1. The first kappa shape index (κ1) is 19.3. The number of nitrogens with two attached hydrogens (primary N) is 1. The van der Waals surface area contributed by atoms with E-state index in [2.05, 4.69) is 9.97 Å². The molecule has 2 heterocycles. The Balaban J connectivity index is 1.87. The summed E-state index contributed by atoms with van der Waals surface area (Å²) in [6.45, 7) is 3.79. The number of nitrogens with zero attached hydrogens (tertiary/aromatic N) is 3. The maximum atomic E-state index is 13.2. The monoisotopic (exact) mass is 400 g/mol. The number of nitrogen functional groups attached to an aromatic ring is 1. The molecule has 0 unspecified atom stereocenters. The second-order valence-electron chi connectivity index (χ2n) is 6.76. The Morgan fingerprint density at radius 3 is 2.60 bits per heavy atom. The number of benzene rings is 2. The maximum absolute atomic E-state index is 13.2. The van der Waals surface area contributed by atoms with E-state index in [1.165, 1.54) is 4.57 Å². The molecule has 0 aliphatic carbocycles. The lowest BCUT2D eigenvalue weighted by atomic mass is 10.0. The fourth-order valence-corrected chi connectivity index (χ4v) is 3.32. The molecule has 7 heteroatoms. The van der Waals surface area contributed by atoms with Gasteiger partial charge in [0.15, 0.2) is 0 Å². The summed E-state index contributed by atoms with van der Waals surface area (Å²) in [5, 5.41) is 0.420. The van der Waals surface area contributed by atoms with E-state index in [0.717, 1.165) is 5.56 Å². The van der Waals surface area contributed by atoms with Crippen LogP contribution in [0.1, 0.15) is 23.0 Å². The van der Waals surface area contributed by atoms with Gasteiger partial charge in [-0.05, 0) is 49.7 Å². The molecule has 0 atom stereocenters. The Bertz CT molecular complexity index is 1310. The molecule has 0 saturated carbocycles. The highest BCUT2D eigenvalue weighted by Crippen LogP contribution is 2.25. The molecule has 150 valence electrons. The van der Waals surface area contributed by atoms with Gasteiger partial charge in [-0.1, -0.05) is 24.3 Å². The van der Waals surface area contributed by atoms with Crippen LogP contribution in [0.2, 0.25) is 0 Å². The molecule has 0 aliphatic heterocycles. The van der Waals surface area contributed by atoms with Gasteiger partial charge in [0.05, 0.1) is 34.5 Å². The van der Waals surface area contributed by atoms with E-state index in [-0.39, 0.29) is 18.1 Å². The summed E-state index contributed by atoms with van der Waals surface area (Å²) in [6, 6.07) is 16.1. The summed E-state index contributed by atoms with van der Waals surface area (Å²) in [5.74, 6) is -0.306. The number of para-hydroxylation sites is 1. The van der Waals surface area contributed by atoms with E-state index in [1.807, 2.05) is 24.3 Å². The molecule has 4 aromatic rings. The van der Waals surface area contributed by atoms with Crippen LogP contribution in [0.3, 0.4) is 0 Å². The molecule has 2 aromatic carbocycles. The van der Waals surface area contributed by atoms with E-state index < -0.39 is 5.97 Å². The molecule has 0 spiro atoms. The van der Waals surface area contributed by atoms with Gasteiger partial charge >= 0.3 is 5.97 Å². The van der Waals surface area contributed by atoms with Gasteiger partial charge in [-0.3, -0.25) is 9.78 Å². The van der Waals surface area contributed by atoms with Gasteiger partial charge in [-0.25, -0.2) is 14.3 Å². The molecular weight excluding hydrogens is 380 g/mol. The lowest BCUT2D eigenvalue weighted by Crippen LogP contribution is -2.23. The van der Waals surface area contributed by atoms with Crippen LogP contribution >= 0.6 is 0 Å². The molecule has 2 aromatic heterocycles. The molecular formula is C23H20N4O3. The molecule has 0 amide bonds. The second kappa shape index (κ2) is 7.79. The molecule has 2 N–H and O–H groups in total. The van der Waals surface area contributed by atoms with Gasteiger partial charge in [0.2, 0.25) is 5.95 Å². The van der Waals surface area contributed by atoms with Gasteiger partial charge in [0, 0.05) is 11.8 Å². The molecule has 0 aliphatic rings. The Kier molecular flexibility index (Phi) is 5.02. The number of esters is 1. The zero-order valence-corrected chi connectivity index (χ0v) is 16.6. The summed E-state index contributed by atoms with van der Waals surface area (Å²) in [7, 11) is 0. The van der Waals surface area contributed by atoms with Crippen LogP contribution in [0, 0.1) is 6.92 Å². The van der Waals surface area contributed by atoms with Gasteiger partial charge in [0.25, 0.3) is 5.56 Å². The number of aryl methyl sites for hydroxylation is 1. The summed E-state index contributed by atoms with van der Waals surface area (Å²) in [6.07, 6.45) is 1.67. The number of fused-ring (bicyclic) bond motifs is 1. The fraction of sp³-hybridized carbons (Fsp3) is 0.130. The van der Waals surface area contributed by atoms with Gasteiger partial charge in [-0.15, -0.1) is 0 Å². The lowest BCUT2D eigenvalue weighted by Gasteiger charge is -2.12. The van der Waals surface area contributed by atoms with Crippen molar-refractivity contribution in [3.05, 3.63) is 82.4 Å². The van der Waals surface area contributed by atoms with E-state index in [9.17, 15) is 9.59 Å². The third-order valence-corrected chi connectivity index (χ3v) is 4.82. The topological polar surface area (TPSA) is 100 Å². The molecule has 7 nitrogen and oxygen atoms in total. The largest absolute Gasteiger partial charge is 0.462 e. The number of pyridine rings is 1. The Morgan fingerprint density at radius 2 is 1.87 bits per heavy atom. The van der Waals surface area contributed by atoms with Crippen molar-refractivity contribution < 1.29 is 9.53 Å². The second-order valence-corrected chi connectivity index (χ2v) is 6.76. The van der Waals surface area contributed by atoms with Gasteiger partial charge in [0.1, 0.15) is 0 Å². The molecule has 0 fully saturated rings. The van der Waals surface area contributed by atoms with Crippen molar-refractivity contribution in [3.63, 3.8) is 0 Å². The van der Waals surface area contributed by atoms with Crippen molar-refractivity contribution in [1.82, 2.24) is 14.5 Å². The van der Waals surface area contributed by atoms with Crippen molar-refractivity contribution in [1.29, 1.82) is 0 Å². The third kappa shape index (κ3) is 3.41. The summed E-state index contributed by atoms with van der Waals surface area (Å²) < 4.78 is 6.49. The SMILES string of the molecule is CCOC(=O)c1cc(-c2ccc3nc(N)n(-c4ccccc4)c(=O)c3c2)cnc1C. The molecule has 0 radical (unpaired) electrons. The van der Waals surface area contributed by atoms with Crippen molar-refractivity contribution >= 4 is 22.8 Å². The van der Waals surface area contributed by atoms with Crippen LogP contribution in [0.15, 0.2) is 65.6 Å². The predicted octanol–water partition coefficient (Wildman–Crippen LogP) is 3.52. The number of ether oxygens (including phenoxy) is 1. The lowest BCUT2D eigenvalue weighted by molar-refractivity contribution is 0.0525. The minimum atomic E-state index is -0.425. The Morgan fingerprint density at radius 1 is 1.10 bits per heavy atom. The van der Waals surface area contributed by atoms with Crippen molar-refractivity contribution in [2.24, 2.45) is 0 Å². The van der Waals surface area contributed by atoms with Crippen molar-refractivity contribution in [2.45, 2.75) is 13.8 Å². The zero-order valence-electron chi connectivity index (χ0n) is 16.6. The number of aromatic nitrogens is 3. The average Bonchev–Trinajstić information content (AvgIpc) is 2.75. The van der Waals surface area contributed by atoms with Crippen molar-refractivity contribution in [3.8, 4) is 16.8 Å². The Hall–Kier alpha value is -4.00. The Labute approximate surface area is 172 Å². The molecule has 0 bridgehead atoms. The van der Waals surface area contributed by atoms with Crippen LogP contribution in [0.4, 0.5) is 5.95 Å². The number of hydrogen-bond donors (Lipinski definition) is 1. The first-order valence-corrected chi connectivity index (χ1v) is 9.51. The summed E-state index contributed by atoms with van der Waals surface area (Å²) in [5.41, 5.74) is 9.35. The minimum Gasteiger partial charge on any atom is -0.462 e. The van der Waals surface area contributed by atoms with Crippen LogP contribution in [0.25, 0.3) is 27.7 Å².